The summed E-state index contributed by atoms with van der Waals surface area (Å²) in [5.74, 6) is 0. The highest BCUT2D eigenvalue weighted by Crippen LogP contribution is 2.23. The fourth-order valence-corrected chi connectivity index (χ4v) is 2.41. The molecule has 2 aromatic rings. The zero-order chi connectivity index (χ0) is 12.4. The summed E-state index contributed by atoms with van der Waals surface area (Å²) in [5.41, 5.74) is 2.75. The van der Waals surface area contributed by atoms with Crippen molar-refractivity contribution in [2.75, 3.05) is 0 Å². The highest BCUT2D eigenvalue weighted by molar-refractivity contribution is 5.83. The molecule has 2 nitrogen and oxygen atoms in total. The van der Waals surface area contributed by atoms with Crippen LogP contribution in [0.1, 0.15) is 24.8 Å². The van der Waals surface area contributed by atoms with Crippen molar-refractivity contribution in [3.63, 3.8) is 0 Å². The van der Waals surface area contributed by atoms with E-state index in [1.807, 2.05) is 6.08 Å². The number of aryl methyl sites for hydroxylation is 1. The number of rotatable bonds is 6. The average molecular weight is 240 g/mol. The number of hydrogen-bond donors (Lipinski definition) is 1. The predicted molar refractivity (Wildman–Crippen MR) is 76.6 cm³/mol. The summed E-state index contributed by atoms with van der Waals surface area (Å²) in [4.78, 5) is 0. The van der Waals surface area contributed by atoms with Gasteiger partial charge in [-0.15, -0.1) is 6.58 Å². The van der Waals surface area contributed by atoms with Crippen molar-refractivity contribution in [3.05, 3.63) is 48.7 Å². The Morgan fingerprint density at radius 2 is 2.22 bits per heavy atom. The molecule has 94 valence electrons. The van der Waals surface area contributed by atoms with Crippen LogP contribution in [0.4, 0.5) is 0 Å². The Balaban J connectivity index is 1.85. The minimum atomic E-state index is 0.767. The number of benzene rings is 1. The second-order valence-corrected chi connectivity index (χ2v) is 5.09. The van der Waals surface area contributed by atoms with E-state index in [-0.39, 0.29) is 0 Å². The van der Waals surface area contributed by atoms with Gasteiger partial charge in [-0.1, -0.05) is 18.2 Å². The Bertz CT molecular complexity index is 549. The number of fused-ring (bicyclic) bond motifs is 1. The summed E-state index contributed by atoms with van der Waals surface area (Å²) in [6, 6.07) is 9.61. The van der Waals surface area contributed by atoms with Gasteiger partial charge in [-0.25, -0.2) is 0 Å². The maximum absolute atomic E-state index is 3.79. The molecule has 2 heteroatoms. The van der Waals surface area contributed by atoms with E-state index in [4.69, 9.17) is 0 Å². The molecule has 0 aliphatic heterocycles. The van der Waals surface area contributed by atoms with Crippen LogP contribution in [0.25, 0.3) is 10.9 Å². The van der Waals surface area contributed by atoms with Crippen LogP contribution in [0.3, 0.4) is 0 Å². The first kappa shape index (κ1) is 11.5. The third-order valence-corrected chi connectivity index (χ3v) is 3.64. The largest absolute Gasteiger partial charge is 0.347 e. The second-order valence-electron chi connectivity index (χ2n) is 5.09. The fourth-order valence-electron chi connectivity index (χ4n) is 2.41. The van der Waals surface area contributed by atoms with Crippen LogP contribution in [0.5, 0.6) is 0 Å². The van der Waals surface area contributed by atoms with Crippen LogP contribution in [0.15, 0.2) is 43.1 Å². The first-order valence-electron chi connectivity index (χ1n) is 6.79. The standard InChI is InChI=1S/C16H20N2/c1-2-3-10-18-11-9-15-13(5-4-6-16(15)18)12-17-14-7-8-14/h2,4-6,9,11,14,17H,1,3,7-8,10,12H2. The molecule has 18 heavy (non-hydrogen) atoms. The molecule has 0 bridgehead atoms. The lowest BCUT2D eigenvalue weighted by Crippen LogP contribution is -2.15. The molecule has 1 aromatic carbocycles. The van der Waals surface area contributed by atoms with Crippen molar-refractivity contribution in [1.29, 1.82) is 0 Å². The SMILES string of the molecule is C=CCCn1ccc2c(CNC3CC3)cccc21. The Hall–Kier alpha value is -1.54. The van der Waals surface area contributed by atoms with E-state index in [1.165, 1.54) is 29.3 Å². The molecule has 0 amide bonds. The third kappa shape index (κ3) is 2.34. The fraction of sp³-hybridized carbons (Fsp3) is 0.375. The van der Waals surface area contributed by atoms with E-state index in [2.05, 4.69) is 46.9 Å². The van der Waals surface area contributed by atoms with Gasteiger partial charge in [0.15, 0.2) is 0 Å². The monoisotopic (exact) mass is 240 g/mol. The summed E-state index contributed by atoms with van der Waals surface area (Å²) in [5, 5.41) is 4.98. The van der Waals surface area contributed by atoms with Crippen molar-refractivity contribution in [2.45, 2.75) is 38.4 Å². The molecule has 0 saturated heterocycles. The number of allylic oxidation sites excluding steroid dienone is 1. The summed E-state index contributed by atoms with van der Waals surface area (Å²) < 4.78 is 2.32. The Labute approximate surface area is 108 Å². The molecule has 1 aromatic heterocycles. The summed E-state index contributed by atoms with van der Waals surface area (Å²) in [7, 11) is 0. The molecule has 0 spiro atoms. The van der Waals surface area contributed by atoms with Crippen LogP contribution in [0.2, 0.25) is 0 Å². The van der Waals surface area contributed by atoms with Gasteiger partial charge in [-0.3, -0.25) is 0 Å². The zero-order valence-electron chi connectivity index (χ0n) is 10.7. The lowest BCUT2D eigenvalue weighted by Gasteiger charge is -2.07. The van der Waals surface area contributed by atoms with Crippen LogP contribution < -0.4 is 5.32 Å². The normalized spacial score (nSPS) is 15.1. The Kier molecular flexibility index (Phi) is 3.20. The van der Waals surface area contributed by atoms with Crippen molar-refractivity contribution in [2.24, 2.45) is 0 Å². The predicted octanol–water partition coefficient (Wildman–Crippen LogP) is 3.47. The number of nitrogens with zero attached hydrogens (tertiary/aromatic N) is 1. The van der Waals surface area contributed by atoms with E-state index in [9.17, 15) is 0 Å². The van der Waals surface area contributed by atoms with Gasteiger partial charge in [0.25, 0.3) is 0 Å². The molecule has 1 heterocycles. The lowest BCUT2D eigenvalue weighted by atomic mass is 10.1. The number of aromatic nitrogens is 1. The van der Waals surface area contributed by atoms with Crippen LogP contribution in [-0.4, -0.2) is 10.6 Å². The first-order valence-corrected chi connectivity index (χ1v) is 6.79. The molecule has 1 saturated carbocycles. The highest BCUT2D eigenvalue weighted by Gasteiger charge is 2.20. The van der Waals surface area contributed by atoms with E-state index in [1.54, 1.807) is 0 Å². The van der Waals surface area contributed by atoms with Gasteiger partial charge in [0, 0.05) is 36.2 Å². The van der Waals surface area contributed by atoms with Crippen LogP contribution in [-0.2, 0) is 13.1 Å². The molecule has 1 aliphatic carbocycles. The molecule has 1 N–H and O–H groups in total. The third-order valence-electron chi connectivity index (χ3n) is 3.64. The highest BCUT2D eigenvalue weighted by atomic mass is 15.0. The molecule has 1 fully saturated rings. The average Bonchev–Trinajstić information content (AvgIpc) is 3.13. The topological polar surface area (TPSA) is 17.0 Å². The maximum Gasteiger partial charge on any atom is 0.0483 e. The van der Waals surface area contributed by atoms with Crippen molar-refractivity contribution < 1.29 is 0 Å². The molecule has 1 aliphatic rings. The van der Waals surface area contributed by atoms with Gasteiger partial charge in [0.05, 0.1) is 0 Å². The van der Waals surface area contributed by atoms with Gasteiger partial charge >= 0.3 is 0 Å². The van der Waals surface area contributed by atoms with Gasteiger partial charge in [-0.05, 0) is 37.0 Å². The first-order chi connectivity index (χ1) is 8.88. The van der Waals surface area contributed by atoms with E-state index >= 15 is 0 Å². The molecular weight excluding hydrogens is 220 g/mol. The smallest absolute Gasteiger partial charge is 0.0483 e. The quantitative estimate of drug-likeness (QED) is 0.765. The van der Waals surface area contributed by atoms with Crippen LogP contribution in [0, 0.1) is 0 Å². The minimum absolute atomic E-state index is 0.767. The van der Waals surface area contributed by atoms with Gasteiger partial charge < -0.3 is 9.88 Å². The summed E-state index contributed by atoms with van der Waals surface area (Å²) in [6.07, 6.45) is 7.88. The minimum Gasteiger partial charge on any atom is -0.347 e. The zero-order valence-corrected chi connectivity index (χ0v) is 10.7. The van der Waals surface area contributed by atoms with E-state index < -0.39 is 0 Å². The molecule has 0 unspecified atom stereocenters. The number of nitrogens with one attached hydrogen (secondary N) is 1. The van der Waals surface area contributed by atoms with Gasteiger partial charge in [0.1, 0.15) is 0 Å². The van der Waals surface area contributed by atoms with Crippen molar-refractivity contribution in [1.82, 2.24) is 9.88 Å². The molecule has 3 rings (SSSR count). The van der Waals surface area contributed by atoms with Crippen molar-refractivity contribution >= 4 is 10.9 Å². The Morgan fingerprint density at radius 1 is 1.33 bits per heavy atom. The lowest BCUT2D eigenvalue weighted by molar-refractivity contribution is 0.690. The molecule has 0 radical (unpaired) electrons. The number of hydrogen-bond acceptors (Lipinski definition) is 1. The second kappa shape index (κ2) is 4.99. The Morgan fingerprint density at radius 3 is 3.00 bits per heavy atom. The van der Waals surface area contributed by atoms with Gasteiger partial charge in [0.2, 0.25) is 0 Å². The van der Waals surface area contributed by atoms with E-state index in [0.717, 1.165) is 25.6 Å². The maximum atomic E-state index is 3.79. The van der Waals surface area contributed by atoms with Crippen molar-refractivity contribution in [3.8, 4) is 0 Å². The van der Waals surface area contributed by atoms with E-state index in [0.29, 0.717) is 0 Å². The van der Waals surface area contributed by atoms with Crippen LogP contribution >= 0.6 is 0 Å². The summed E-state index contributed by atoms with van der Waals surface area (Å²) >= 11 is 0. The molecule has 0 atom stereocenters. The van der Waals surface area contributed by atoms with Gasteiger partial charge in [-0.2, -0.15) is 0 Å². The molecular formula is C16H20N2. The summed E-state index contributed by atoms with van der Waals surface area (Å²) in [6.45, 7) is 5.80.